The third-order valence-electron chi connectivity index (χ3n) is 7.31. The van der Waals surface area contributed by atoms with E-state index < -0.39 is 0 Å². The SMILES string of the molecule is Cc1nc2cc(-c3[nH]c4ccc(C5CCN(C6COC6)CC5)cc4c3C(C)C)ccn2n1. The number of aryl methyl sites for hydroxylation is 1. The number of likely N-dealkylation sites (tertiary alicyclic amines) is 1. The van der Waals surface area contributed by atoms with Crippen LogP contribution in [0.15, 0.2) is 36.5 Å². The van der Waals surface area contributed by atoms with Crippen LogP contribution in [0.25, 0.3) is 27.8 Å². The highest BCUT2D eigenvalue weighted by Gasteiger charge is 2.30. The number of nitrogens with zero attached hydrogens (tertiary/aromatic N) is 4. The maximum absolute atomic E-state index is 5.39. The second-order valence-electron chi connectivity index (χ2n) is 9.75. The van der Waals surface area contributed by atoms with Crippen molar-refractivity contribution in [1.29, 1.82) is 0 Å². The summed E-state index contributed by atoms with van der Waals surface area (Å²) < 4.78 is 7.24. The zero-order valence-electron chi connectivity index (χ0n) is 19.1. The van der Waals surface area contributed by atoms with Gasteiger partial charge in [0.15, 0.2) is 5.65 Å². The Balaban J connectivity index is 1.35. The number of H-pyrrole nitrogens is 1. The van der Waals surface area contributed by atoms with Gasteiger partial charge in [-0.05, 0) is 80.1 Å². The highest BCUT2D eigenvalue weighted by Crippen LogP contribution is 2.38. The van der Waals surface area contributed by atoms with E-state index in [1.807, 2.05) is 17.6 Å². The van der Waals surface area contributed by atoms with Crippen molar-refractivity contribution >= 4 is 16.6 Å². The van der Waals surface area contributed by atoms with Crippen LogP contribution < -0.4 is 0 Å². The number of benzene rings is 1. The second kappa shape index (κ2) is 7.71. The van der Waals surface area contributed by atoms with Gasteiger partial charge in [-0.1, -0.05) is 19.9 Å². The second-order valence-corrected chi connectivity index (χ2v) is 9.75. The fraction of sp³-hybridized carbons (Fsp3) is 0.462. The molecule has 6 heteroatoms. The molecule has 0 aliphatic carbocycles. The topological polar surface area (TPSA) is 58.5 Å². The molecule has 2 aliphatic heterocycles. The predicted octanol–water partition coefficient (Wildman–Crippen LogP) is 4.89. The minimum Gasteiger partial charge on any atom is -0.378 e. The van der Waals surface area contributed by atoms with Gasteiger partial charge in [0.25, 0.3) is 0 Å². The van der Waals surface area contributed by atoms with Gasteiger partial charge in [-0.3, -0.25) is 4.90 Å². The molecule has 0 unspecified atom stereocenters. The van der Waals surface area contributed by atoms with E-state index in [0.29, 0.717) is 17.9 Å². The van der Waals surface area contributed by atoms with E-state index in [1.165, 1.54) is 59.2 Å². The van der Waals surface area contributed by atoms with Gasteiger partial charge in [0, 0.05) is 22.7 Å². The van der Waals surface area contributed by atoms with Gasteiger partial charge in [0.1, 0.15) is 5.82 Å². The smallest absolute Gasteiger partial charge is 0.156 e. The van der Waals surface area contributed by atoms with E-state index in [-0.39, 0.29) is 0 Å². The van der Waals surface area contributed by atoms with Crippen LogP contribution in [0.2, 0.25) is 0 Å². The van der Waals surface area contributed by atoms with Crippen molar-refractivity contribution in [3.8, 4) is 11.3 Å². The quantitative estimate of drug-likeness (QED) is 0.502. The Labute approximate surface area is 188 Å². The van der Waals surface area contributed by atoms with Crippen LogP contribution in [0.4, 0.5) is 0 Å². The molecule has 0 spiro atoms. The largest absolute Gasteiger partial charge is 0.378 e. The zero-order chi connectivity index (χ0) is 21.8. The molecule has 0 amide bonds. The van der Waals surface area contributed by atoms with Crippen molar-refractivity contribution in [1.82, 2.24) is 24.5 Å². The summed E-state index contributed by atoms with van der Waals surface area (Å²) in [4.78, 5) is 10.9. The van der Waals surface area contributed by atoms with Crippen molar-refractivity contribution in [2.75, 3.05) is 26.3 Å². The Hall–Kier alpha value is -2.70. The van der Waals surface area contributed by atoms with Crippen LogP contribution in [0.5, 0.6) is 0 Å². The van der Waals surface area contributed by atoms with E-state index >= 15 is 0 Å². The molecule has 2 aliphatic rings. The summed E-state index contributed by atoms with van der Waals surface area (Å²) in [7, 11) is 0. The third kappa shape index (κ3) is 3.33. The number of piperidine rings is 1. The fourth-order valence-electron chi connectivity index (χ4n) is 5.49. The monoisotopic (exact) mass is 429 g/mol. The van der Waals surface area contributed by atoms with E-state index in [2.05, 4.69) is 64.1 Å². The summed E-state index contributed by atoms with van der Waals surface area (Å²) in [6.45, 7) is 10.7. The lowest BCUT2D eigenvalue weighted by Gasteiger charge is -2.41. The molecule has 0 atom stereocenters. The number of aromatic nitrogens is 4. The lowest BCUT2D eigenvalue weighted by Crippen LogP contribution is -2.51. The van der Waals surface area contributed by atoms with Crippen LogP contribution in [0.1, 0.15) is 55.5 Å². The van der Waals surface area contributed by atoms with Crippen LogP contribution in [0, 0.1) is 6.92 Å². The molecule has 2 saturated heterocycles. The Morgan fingerprint density at radius 1 is 1.09 bits per heavy atom. The Morgan fingerprint density at radius 2 is 1.91 bits per heavy atom. The molecule has 4 aromatic rings. The summed E-state index contributed by atoms with van der Waals surface area (Å²) in [6.07, 6.45) is 4.48. The van der Waals surface area contributed by atoms with Crippen molar-refractivity contribution in [3.63, 3.8) is 0 Å². The Kier molecular flexibility index (Phi) is 4.81. The first-order chi connectivity index (χ1) is 15.6. The highest BCUT2D eigenvalue weighted by molar-refractivity contribution is 5.92. The van der Waals surface area contributed by atoms with Crippen molar-refractivity contribution in [2.24, 2.45) is 0 Å². The number of nitrogens with one attached hydrogen (secondary N) is 1. The van der Waals surface area contributed by atoms with Crippen molar-refractivity contribution in [2.45, 2.75) is 51.5 Å². The molecule has 1 aromatic carbocycles. The third-order valence-corrected chi connectivity index (χ3v) is 7.31. The Bertz CT molecular complexity index is 1270. The van der Waals surface area contributed by atoms with E-state index in [1.54, 1.807) is 0 Å². The lowest BCUT2D eigenvalue weighted by molar-refractivity contribution is -0.0712. The molecule has 5 heterocycles. The summed E-state index contributed by atoms with van der Waals surface area (Å²) in [5, 5.41) is 5.78. The minimum absolute atomic E-state index is 0.422. The van der Waals surface area contributed by atoms with Crippen molar-refractivity contribution < 1.29 is 4.74 Å². The number of rotatable bonds is 4. The van der Waals surface area contributed by atoms with Gasteiger partial charge in [-0.2, -0.15) is 5.10 Å². The van der Waals surface area contributed by atoms with Gasteiger partial charge in [-0.25, -0.2) is 9.50 Å². The van der Waals surface area contributed by atoms with Crippen LogP contribution in [-0.2, 0) is 4.74 Å². The fourth-order valence-corrected chi connectivity index (χ4v) is 5.49. The normalized spacial score (nSPS) is 18.8. The lowest BCUT2D eigenvalue weighted by atomic mass is 9.87. The molecule has 32 heavy (non-hydrogen) atoms. The van der Waals surface area contributed by atoms with E-state index in [9.17, 15) is 0 Å². The average molecular weight is 430 g/mol. The predicted molar refractivity (Wildman–Crippen MR) is 127 cm³/mol. The van der Waals surface area contributed by atoms with Gasteiger partial charge >= 0.3 is 0 Å². The molecule has 0 saturated carbocycles. The molecule has 3 aromatic heterocycles. The summed E-state index contributed by atoms with van der Waals surface area (Å²) in [6, 6.07) is 12.0. The molecule has 0 radical (unpaired) electrons. The van der Waals surface area contributed by atoms with Crippen LogP contribution >= 0.6 is 0 Å². The first-order valence-electron chi connectivity index (χ1n) is 11.9. The maximum Gasteiger partial charge on any atom is 0.156 e. The molecular weight excluding hydrogens is 398 g/mol. The molecule has 1 N–H and O–H groups in total. The Morgan fingerprint density at radius 3 is 2.62 bits per heavy atom. The first kappa shape index (κ1) is 19.9. The summed E-state index contributed by atoms with van der Waals surface area (Å²) in [5.74, 6) is 1.86. The minimum atomic E-state index is 0.422. The van der Waals surface area contributed by atoms with Gasteiger partial charge in [-0.15, -0.1) is 0 Å². The molecule has 6 rings (SSSR count). The van der Waals surface area contributed by atoms with Crippen LogP contribution in [-0.4, -0.2) is 56.8 Å². The standard InChI is InChI=1S/C26H31N5O/c1-16(2)25-22-12-19(18-6-9-30(10-7-18)21-14-32-15-21)4-5-23(22)28-26(25)20-8-11-31-24(13-20)27-17(3)29-31/h4-5,8,11-13,16,18,21,28H,6-7,9-10,14-15H2,1-3H3. The van der Waals surface area contributed by atoms with Crippen molar-refractivity contribution in [3.05, 3.63) is 53.5 Å². The molecule has 2 fully saturated rings. The number of fused-ring (bicyclic) bond motifs is 2. The zero-order valence-corrected chi connectivity index (χ0v) is 19.1. The number of hydrogen-bond acceptors (Lipinski definition) is 4. The van der Waals surface area contributed by atoms with Gasteiger partial charge in [0.05, 0.1) is 24.9 Å². The van der Waals surface area contributed by atoms with E-state index in [0.717, 1.165) is 24.7 Å². The number of ether oxygens (including phenoxy) is 1. The maximum atomic E-state index is 5.39. The highest BCUT2D eigenvalue weighted by atomic mass is 16.5. The summed E-state index contributed by atoms with van der Waals surface area (Å²) in [5.41, 5.74) is 7.36. The number of hydrogen-bond donors (Lipinski definition) is 1. The van der Waals surface area contributed by atoms with E-state index in [4.69, 9.17) is 4.74 Å². The summed E-state index contributed by atoms with van der Waals surface area (Å²) >= 11 is 0. The first-order valence-corrected chi connectivity index (χ1v) is 11.9. The molecule has 6 nitrogen and oxygen atoms in total. The molecular formula is C26H31N5O. The molecule has 0 bridgehead atoms. The average Bonchev–Trinajstić information content (AvgIpc) is 3.31. The number of pyridine rings is 1. The van der Waals surface area contributed by atoms with Gasteiger partial charge < -0.3 is 9.72 Å². The molecule has 166 valence electrons. The number of aromatic amines is 1. The van der Waals surface area contributed by atoms with Gasteiger partial charge in [0.2, 0.25) is 0 Å². The van der Waals surface area contributed by atoms with Crippen LogP contribution in [0.3, 0.4) is 0 Å².